The second kappa shape index (κ2) is 4.37. The van der Waals surface area contributed by atoms with E-state index in [0.717, 1.165) is 0 Å². The van der Waals surface area contributed by atoms with Crippen LogP contribution in [0.4, 0.5) is 0 Å². The van der Waals surface area contributed by atoms with Gasteiger partial charge in [-0.05, 0) is 11.9 Å². The van der Waals surface area contributed by atoms with Crippen LogP contribution in [-0.2, 0) is 4.79 Å². The van der Waals surface area contributed by atoms with Gasteiger partial charge < -0.3 is 14.9 Å². The molecule has 0 unspecified atom stereocenters. The van der Waals surface area contributed by atoms with E-state index in [9.17, 15) is 4.79 Å². The highest BCUT2D eigenvalue weighted by Crippen LogP contribution is 2.20. The molecule has 1 rings (SSSR count). The molecule has 15 heavy (non-hydrogen) atoms. The number of carbonyl (C=O) groups is 1. The second-order valence-electron chi connectivity index (χ2n) is 4.90. The maximum absolute atomic E-state index is 11.9. The van der Waals surface area contributed by atoms with Crippen molar-refractivity contribution in [2.24, 2.45) is 5.41 Å². The van der Waals surface area contributed by atoms with Crippen LogP contribution in [0.2, 0.25) is 0 Å². The summed E-state index contributed by atoms with van der Waals surface area (Å²) < 4.78 is 0. The summed E-state index contributed by atoms with van der Waals surface area (Å²) in [6, 6.07) is 0. The number of carbonyl (C=O) groups excluding carboxylic acids is 1. The largest absolute Gasteiger partial charge is 0.483 e. The summed E-state index contributed by atoms with van der Waals surface area (Å²) in [5.74, 6) is 0.102. The van der Waals surface area contributed by atoms with E-state index in [1.807, 2.05) is 20.8 Å². The van der Waals surface area contributed by atoms with Gasteiger partial charge in [-0.2, -0.15) is 0 Å². The van der Waals surface area contributed by atoms with Crippen molar-refractivity contribution < 1.29 is 14.8 Å². The lowest BCUT2D eigenvalue weighted by Gasteiger charge is -2.31. The van der Waals surface area contributed by atoms with Gasteiger partial charge in [0.05, 0.1) is 0 Å². The molecule has 0 radical (unpaired) electrons. The maximum atomic E-state index is 11.9. The van der Waals surface area contributed by atoms with Gasteiger partial charge in [0.1, 0.15) is 0 Å². The normalized spacial score (nSPS) is 17.4. The molecule has 1 aliphatic rings. The standard InChI is InChI=1S/C10H18BNO3/c1-10(2,3)9(13)12-6-4-8(5-7-12)11(14)15/h4,14-15H,5-7H2,1-3H3. The zero-order valence-corrected chi connectivity index (χ0v) is 9.53. The van der Waals surface area contributed by atoms with Crippen molar-refractivity contribution in [3.63, 3.8) is 0 Å². The molecule has 0 atom stereocenters. The highest BCUT2D eigenvalue weighted by Gasteiger charge is 2.29. The van der Waals surface area contributed by atoms with E-state index in [1.165, 1.54) is 0 Å². The molecule has 1 aliphatic heterocycles. The van der Waals surface area contributed by atoms with Gasteiger partial charge in [-0.3, -0.25) is 4.79 Å². The minimum atomic E-state index is -1.38. The molecule has 2 N–H and O–H groups in total. The predicted molar refractivity (Wildman–Crippen MR) is 58.9 cm³/mol. The summed E-state index contributed by atoms with van der Waals surface area (Å²) in [6.07, 6.45) is 2.26. The second-order valence-corrected chi connectivity index (χ2v) is 4.90. The Kier molecular flexibility index (Phi) is 3.57. The summed E-state index contributed by atoms with van der Waals surface area (Å²) in [4.78, 5) is 13.6. The molecule has 0 saturated carbocycles. The molecule has 84 valence electrons. The molecule has 0 aromatic heterocycles. The lowest BCUT2D eigenvalue weighted by Crippen LogP contribution is -2.42. The minimum absolute atomic E-state index is 0.102. The first-order valence-corrected chi connectivity index (χ1v) is 5.17. The van der Waals surface area contributed by atoms with Crippen LogP contribution in [0.5, 0.6) is 0 Å². The van der Waals surface area contributed by atoms with Gasteiger partial charge in [-0.25, -0.2) is 0 Å². The number of hydrogen-bond donors (Lipinski definition) is 2. The molecular formula is C10H18BNO3. The molecular weight excluding hydrogens is 193 g/mol. The summed E-state index contributed by atoms with van der Waals surface area (Å²) in [6.45, 7) is 6.70. The van der Waals surface area contributed by atoms with E-state index >= 15 is 0 Å². The molecule has 0 aromatic carbocycles. The number of rotatable bonds is 1. The Morgan fingerprint density at radius 1 is 1.47 bits per heavy atom. The molecule has 0 spiro atoms. The SMILES string of the molecule is CC(C)(C)C(=O)N1CC=C(B(O)O)CC1. The molecule has 0 bridgehead atoms. The summed E-state index contributed by atoms with van der Waals surface area (Å²) in [7, 11) is -1.38. The van der Waals surface area contributed by atoms with Gasteiger partial charge in [-0.1, -0.05) is 26.8 Å². The van der Waals surface area contributed by atoms with Gasteiger partial charge in [0.15, 0.2) is 0 Å². The van der Waals surface area contributed by atoms with Crippen molar-refractivity contribution in [2.45, 2.75) is 27.2 Å². The third-order valence-electron chi connectivity index (χ3n) is 2.50. The smallest absolute Gasteiger partial charge is 0.423 e. The molecule has 0 saturated heterocycles. The first kappa shape index (κ1) is 12.3. The van der Waals surface area contributed by atoms with Gasteiger partial charge in [0.2, 0.25) is 5.91 Å². The van der Waals surface area contributed by atoms with E-state index < -0.39 is 7.12 Å². The van der Waals surface area contributed by atoms with Gasteiger partial charge in [0, 0.05) is 18.5 Å². The fraction of sp³-hybridized carbons (Fsp3) is 0.700. The minimum Gasteiger partial charge on any atom is -0.423 e. The number of hydrogen-bond acceptors (Lipinski definition) is 3. The summed E-state index contributed by atoms with van der Waals surface area (Å²) >= 11 is 0. The van der Waals surface area contributed by atoms with Crippen LogP contribution in [0.15, 0.2) is 11.5 Å². The highest BCUT2D eigenvalue weighted by atomic mass is 16.4. The van der Waals surface area contributed by atoms with E-state index in [-0.39, 0.29) is 11.3 Å². The lowest BCUT2D eigenvalue weighted by molar-refractivity contribution is -0.139. The summed E-state index contributed by atoms with van der Waals surface area (Å²) in [5, 5.41) is 17.9. The Morgan fingerprint density at radius 3 is 2.40 bits per heavy atom. The van der Waals surface area contributed by atoms with Crippen LogP contribution in [0, 0.1) is 5.41 Å². The van der Waals surface area contributed by atoms with Crippen molar-refractivity contribution in [2.75, 3.05) is 13.1 Å². The van der Waals surface area contributed by atoms with Crippen molar-refractivity contribution in [1.29, 1.82) is 0 Å². The zero-order valence-electron chi connectivity index (χ0n) is 9.53. The van der Waals surface area contributed by atoms with Crippen LogP contribution in [-0.4, -0.2) is 41.1 Å². The molecule has 0 fully saturated rings. The quantitative estimate of drug-likeness (QED) is 0.609. The average molecular weight is 211 g/mol. The predicted octanol–water partition coefficient (Wildman–Crippen LogP) is 0.203. The molecule has 4 nitrogen and oxygen atoms in total. The van der Waals surface area contributed by atoms with Crippen molar-refractivity contribution in [3.8, 4) is 0 Å². The Morgan fingerprint density at radius 2 is 2.07 bits per heavy atom. The lowest BCUT2D eigenvalue weighted by atomic mass is 9.75. The van der Waals surface area contributed by atoms with Crippen molar-refractivity contribution >= 4 is 13.0 Å². The van der Waals surface area contributed by atoms with E-state index in [4.69, 9.17) is 10.0 Å². The number of nitrogens with zero attached hydrogens (tertiary/aromatic N) is 1. The van der Waals surface area contributed by atoms with Gasteiger partial charge in [-0.15, -0.1) is 0 Å². The van der Waals surface area contributed by atoms with E-state index in [2.05, 4.69) is 0 Å². The Bertz CT molecular complexity index is 281. The summed E-state index contributed by atoms with van der Waals surface area (Å²) in [5.41, 5.74) is 0.233. The fourth-order valence-electron chi connectivity index (χ4n) is 1.58. The monoisotopic (exact) mass is 211 g/mol. The van der Waals surface area contributed by atoms with Crippen LogP contribution in [0.3, 0.4) is 0 Å². The van der Waals surface area contributed by atoms with E-state index in [0.29, 0.717) is 25.0 Å². The molecule has 0 aromatic rings. The molecule has 0 aliphatic carbocycles. The average Bonchev–Trinajstić information content (AvgIpc) is 2.15. The van der Waals surface area contributed by atoms with Crippen LogP contribution >= 0.6 is 0 Å². The van der Waals surface area contributed by atoms with Crippen LogP contribution in [0.25, 0.3) is 0 Å². The third kappa shape index (κ3) is 3.07. The molecule has 1 amide bonds. The van der Waals surface area contributed by atoms with Crippen molar-refractivity contribution in [1.82, 2.24) is 4.90 Å². The molecule has 5 heteroatoms. The molecule has 1 heterocycles. The Labute approximate surface area is 90.7 Å². The maximum Gasteiger partial charge on any atom is 0.483 e. The number of amides is 1. The Hall–Kier alpha value is -0.805. The Balaban J connectivity index is 2.62. The first-order valence-electron chi connectivity index (χ1n) is 5.17. The van der Waals surface area contributed by atoms with Crippen LogP contribution in [0.1, 0.15) is 27.2 Å². The van der Waals surface area contributed by atoms with Gasteiger partial charge in [0.25, 0.3) is 0 Å². The third-order valence-corrected chi connectivity index (χ3v) is 2.50. The van der Waals surface area contributed by atoms with Crippen molar-refractivity contribution in [3.05, 3.63) is 11.5 Å². The highest BCUT2D eigenvalue weighted by molar-refractivity contribution is 6.50. The van der Waals surface area contributed by atoms with Gasteiger partial charge >= 0.3 is 7.12 Å². The fourth-order valence-corrected chi connectivity index (χ4v) is 1.58. The van der Waals surface area contributed by atoms with Crippen LogP contribution < -0.4 is 0 Å². The topological polar surface area (TPSA) is 60.8 Å². The van der Waals surface area contributed by atoms with E-state index in [1.54, 1.807) is 11.0 Å². The first-order chi connectivity index (χ1) is 6.82. The zero-order chi connectivity index (χ0) is 11.6.